The minimum Gasteiger partial charge on any atom is -0.448 e. The molecule has 18 N–H and O–H groups in total. The third kappa shape index (κ3) is 3.32. The molecule has 0 bridgehead atoms. The van der Waals surface area contributed by atoms with Crippen molar-refractivity contribution >= 4 is 5.91 Å². The number of amides is 1. The van der Waals surface area contributed by atoms with Gasteiger partial charge in [-0.25, -0.2) is 0 Å². The van der Waals surface area contributed by atoms with Gasteiger partial charge in [0.15, 0.2) is 11.5 Å². The molecule has 1 saturated heterocycles. The average molecular weight is 547 g/mol. The molecule has 1 aromatic carbocycles. The van der Waals surface area contributed by atoms with Crippen molar-refractivity contribution in [2.24, 2.45) is 0 Å². The van der Waals surface area contributed by atoms with Crippen LogP contribution in [0.3, 0.4) is 0 Å². The van der Waals surface area contributed by atoms with E-state index >= 15 is 0 Å². The molecule has 1 unspecified atom stereocenters. The Balaban J connectivity index is 2.30. The highest BCUT2D eigenvalue weighted by Crippen LogP contribution is 2.55. The molecule has 3 rings (SSSR count). The van der Waals surface area contributed by atoms with Crippen LogP contribution in [0.5, 0.6) is 11.5 Å². The van der Waals surface area contributed by atoms with Crippen LogP contribution in [0.25, 0.3) is 0 Å². The first-order chi connectivity index (χ1) is 16.2. The van der Waals surface area contributed by atoms with Gasteiger partial charge in [-0.05, 0) is 12.1 Å². The van der Waals surface area contributed by atoms with Gasteiger partial charge in [0, 0.05) is 5.56 Å². The first-order valence-corrected chi connectivity index (χ1v) is 9.31. The van der Waals surface area contributed by atoms with Crippen molar-refractivity contribution in [3.05, 3.63) is 23.8 Å². The highest BCUT2D eigenvalue weighted by atomic mass is 16.9. The molecule has 0 spiro atoms. The van der Waals surface area contributed by atoms with E-state index in [2.05, 4.69) is 9.47 Å². The number of hydrogen-bond donors (Lipinski definition) is 18. The van der Waals surface area contributed by atoms with Gasteiger partial charge in [0.25, 0.3) is 40.8 Å². The molecule has 1 saturated carbocycles. The highest BCUT2D eigenvalue weighted by molar-refractivity contribution is 5.88. The van der Waals surface area contributed by atoms with E-state index < -0.39 is 75.4 Å². The third-order valence-corrected chi connectivity index (χ3v) is 5.88. The topological polar surface area (TPSA) is 391 Å². The van der Waals surface area contributed by atoms with Crippen molar-refractivity contribution in [1.29, 1.82) is 0 Å². The van der Waals surface area contributed by atoms with Gasteiger partial charge >= 0.3 is 11.9 Å². The molecule has 2 aliphatic rings. The number of nitrogens with one attached hydrogen (secondary N) is 1. The predicted molar refractivity (Wildman–Crippen MR) is 97.1 cm³/mol. The molecule has 37 heavy (non-hydrogen) atoms. The fourth-order valence-corrected chi connectivity index (χ4v) is 3.69. The van der Waals surface area contributed by atoms with Crippen LogP contribution in [-0.2, 0) is 10.4 Å². The Morgan fingerprint density at radius 2 is 1.14 bits per heavy atom. The monoisotopic (exact) mass is 547 g/mol. The molecule has 1 heterocycles. The maximum atomic E-state index is 11.8. The summed E-state index contributed by atoms with van der Waals surface area (Å²) < 4.78 is 8.61. The van der Waals surface area contributed by atoms with Crippen LogP contribution in [0.4, 0.5) is 0 Å². The molecule has 21 heteroatoms. The maximum Gasteiger partial charge on any atom is 0.453 e. The Morgan fingerprint density at radius 3 is 1.51 bits per heavy atom. The number of benzene rings is 1. The Labute approximate surface area is 201 Å². The van der Waals surface area contributed by atoms with Crippen LogP contribution in [0.1, 0.15) is 5.56 Å². The predicted octanol–water partition coefficient (Wildman–Crippen LogP) is -10.9. The van der Waals surface area contributed by atoms with Crippen LogP contribution in [0.15, 0.2) is 18.2 Å². The number of carbonyl (C=O) groups is 1. The van der Waals surface area contributed by atoms with Crippen LogP contribution < -0.4 is 14.8 Å². The molecule has 0 aromatic heterocycles. The van der Waals surface area contributed by atoms with E-state index in [9.17, 15) is 76.3 Å². The van der Waals surface area contributed by atoms with E-state index in [1.54, 1.807) is 0 Å². The first kappa shape index (κ1) is 29.2. The molecule has 21 nitrogen and oxygen atoms in total. The third-order valence-electron chi connectivity index (χ3n) is 5.88. The van der Waals surface area contributed by atoms with Crippen LogP contribution in [0.2, 0.25) is 0 Å². The smallest absolute Gasteiger partial charge is 0.448 e. The molecule has 0 radical (unpaired) electrons. The summed E-state index contributed by atoms with van der Waals surface area (Å²) in [6, 6.07) is 0.645. The lowest BCUT2D eigenvalue weighted by Crippen LogP contribution is -2.70. The van der Waals surface area contributed by atoms with E-state index in [-0.39, 0.29) is 12.1 Å². The molecule has 1 aliphatic carbocycles. The summed E-state index contributed by atoms with van der Waals surface area (Å²) in [5, 5.41) is 168. The van der Waals surface area contributed by atoms with Gasteiger partial charge in [-0.1, -0.05) is 6.07 Å². The molecule has 1 aromatic rings. The van der Waals surface area contributed by atoms with Crippen LogP contribution >= 0.6 is 0 Å². The second-order valence-corrected chi connectivity index (χ2v) is 8.28. The van der Waals surface area contributed by atoms with E-state index in [1.807, 2.05) is 0 Å². The van der Waals surface area contributed by atoms with Gasteiger partial charge < -0.3 is 96.3 Å². The van der Waals surface area contributed by atoms with Crippen molar-refractivity contribution in [2.45, 2.75) is 52.4 Å². The van der Waals surface area contributed by atoms with E-state index in [4.69, 9.17) is 15.3 Å². The fraction of sp³-hybridized carbons (Fsp3) is 0.562. The quantitative estimate of drug-likeness (QED) is 0.152. The normalized spacial score (nSPS) is 30.0. The Bertz CT molecular complexity index is 1090. The summed E-state index contributed by atoms with van der Waals surface area (Å²) in [4.78, 5) is 11.8. The fourth-order valence-electron chi connectivity index (χ4n) is 3.69. The van der Waals surface area contributed by atoms with E-state index in [0.29, 0.717) is 6.07 Å². The molecule has 210 valence electrons. The lowest BCUT2D eigenvalue weighted by molar-refractivity contribution is -0.452. The SMILES string of the molecule is O=C1NC(O)(O)C(O)(c2ccc(OC(O)(O)O)c(OC3(O)C(O)(O)C(O)(O)C(O)(O)C3(O)O)c2)C1(O)O. The largest absolute Gasteiger partial charge is 0.453 e. The van der Waals surface area contributed by atoms with E-state index in [1.165, 1.54) is 0 Å². The summed E-state index contributed by atoms with van der Waals surface area (Å²) in [5.41, 5.74) is -5.26. The van der Waals surface area contributed by atoms with Crippen molar-refractivity contribution in [3.8, 4) is 11.5 Å². The van der Waals surface area contributed by atoms with Gasteiger partial charge in [-0.2, -0.15) is 0 Å². The van der Waals surface area contributed by atoms with Crippen LogP contribution in [0, 0.1) is 0 Å². The number of ether oxygens (including phenoxy) is 2. The van der Waals surface area contributed by atoms with Crippen molar-refractivity contribution in [3.63, 3.8) is 0 Å². The van der Waals surface area contributed by atoms with Gasteiger partial charge in [0.1, 0.15) is 0 Å². The second kappa shape index (κ2) is 7.38. The standard InChI is InChI=1S/C16H21NO20/c18-7-9(20,21)8(19,15(31,32)17-7)4-1-2-5(37-16(33,34)35)6(3-4)36-14(30)12(26,27)10(22,23)11(24,25)13(14,28)29/h1-3,19-35H,(H,17,18). The summed E-state index contributed by atoms with van der Waals surface area (Å²) in [5.74, 6) is -37.6. The zero-order valence-corrected chi connectivity index (χ0v) is 17.6. The molecule has 1 atom stereocenters. The van der Waals surface area contributed by atoms with Gasteiger partial charge in [0.05, 0.1) is 0 Å². The Hall–Kier alpha value is -2.39. The second-order valence-electron chi connectivity index (χ2n) is 8.28. The summed E-state index contributed by atoms with van der Waals surface area (Å²) in [7, 11) is 0. The first-order valence-electron chi connectivity index (χ1n) is 9.31. The number of hydrogen-bond acceptors (Lipinski definition) is 20. The number of carbonyl (C=O) groups excluding carboxylic acids is 1. The number of aliphatic hydroxyl groups is 17. The maximum absolute atomic E-state index is 11.8. The summed E-state index contributed by atoms with van der Waals surface area (Å²) in [6.45, 7) is 0. The number of rotatable bonds is 5. The lowest BCUT2D eigenvalue weighted by atomic mass is 9.84. The highest BCUT2D eigenvalue weighted by Gasteiger charge is 2.93. The molecule has 2 fully saturated rings. The lowest BCUT2D eigenvalue weighted by Gasteiger charge is -2.40. The van der Waals surface area contributed by atoms with Gasteiger partial charge in [-0.15, -0.1) is 0 Å². The van der Waals surface area contributed by atoms with Crippen molar-refractivity contribution < 1.29 is 101 Å². The molecular weight excluding hydrogens is 526 g/mol. The minimum atomic E-state index is -4.94. The Kier molecular flexibility index (Phi) is 5.82. The molecule has 1 amide bonds. The zero-order valence-electron chi connectivity index (χ0n) is 17.6. The minimum absolute atomic E-state index is 0.000952. The van der Waals surface area contributed by atoms with E-state index in [0.717, 1.165) is 5.32 Å². The molecular formula is C16H21NO20. The Morgan fingerprint density at radius 1 is 0.676 bits per heavy atom. The van der Waals surface area contributed by atoms with Gasteiger partial charge in [0.2, 0.25) is 5.60 Å². The summed E-state index contributed by atoms with van der Waals surface area (Å²) >= 11 is 0. The zero-order chi connectivity index (χ0) is 29.1. The average Bonchev–Trinajstić information content (AvgIpc) is 2.86. The van der Waals surface area contributed by atoms with Crippen molar-refractivity contribution in [2.75, 3.05) is 0 Å². The van der Waals surface area contributed by atoms with Gasteiger partial charge in [-0.3, -0.25) is 10.1 Å². The van der Waals surface area contributed by atoms with Crippen LogP contribution in [-0.4, -0.2) is 140 Å². The van der Waals surface area contributed by atoms with Crippen molar-refractivity contribution in [1.82, 2.24) is 5.32 Å². The molecule has 1 aliphatic heterocycles. The summed E-state index contributed by atoms with van der Waals surface area (Å²) in [6.07, 6.45) is -4.17.